The predicted octanol–water partition coefficient (Wildman–Crippen LogP) is 3.77. The predicted molar refractivity (Wildman–Crippen MR) is 166 cm³/mol. The molecule has 10 heteroatoms. The van der Waals surface area contributed by atoms with Crippen molar-refractivity contribution in [3.63, 3.8) is 0 Å². The van der Waals surface area contributed by atoms with E-state index in [1.54, 1.807) is 16.7 Å². The topological polar surface area (TPSA) is 64.9 Å². The SMILES string of the molecule is C=CC(=O)N1CCN(c2nc(=O)n3c4c(c(-c5ccc(F)cc5)c(C)cc24)SC[C@@H]3CN2CCN(C3CC3)CC2)CC1. The van der Waals surface area contributed by atoms with Crippen molar-refractivity contribution in [3.05, 3.63) is 64.9 Å². The molecule has 1 aromatic heterocycles. The summed E-state index contributed by atoms with van der Waals surface area (Å²) in [5.74, 6) is 1.13. The van der Waals surface area contributed by atoms with Gasteiger partial charge in [-0.1, -0.05) is 18.7 Å². The van der Waals surface area contributed by atoms with Gasteiger partial charge in [0.1, 0.15) is 11.6 Å². The van der Waals surface area contributed by atoms with Crippen molar-refractivity contribution < 1.29 is 9.18 Å². The monoisotopic (exact) mass is 588 g/mol. The first-order chi connectivity index (χ1) is 20.4. The molecule has 3 aromatic rings. The number of aromatic nitrogens is 2. The van der Waals surface area contributed by atoms with E-state index in [9.17, 15) is 14.0 Å². The molecule has 8 nitrogen and oxygen atoms in total. The highest BCUT2D eigenvalue weighted by Gasteiger charge is 2.34. The Kier molecular flexibility index (Phi) is 7.32. The molecule has 4 heterocycles. The summed E-state index contributed by atoms with van der Waals surface area (Å²) in [6.45, 7) is 13.1. The quantitative estimate of drug-likeness (QED) is 0.407. The van der Waals surface area contributed by atoms with Crippen molar-refractivity contribution in [2.45, 2.75) is 36.7 Å². The maximum atomic E-state index is 14.0. The minimum Gasteiger partial charge on any atom is -0.352 e. The Balaban J connectivity index is 1.29. The van der Waals surface area contributed by atoms with Crippen LogP contribution in [0.1, 0.15) is 24.4 Å². The van der Waals surface area contributed by atoms with Crippen LogP contribution in [0.2, 0.25) is 0 Å². The molecule has 2 saturated heterocycles. The molecule has 0 N–H and O–H groups in total. The van der Waals surface area contributed by atoms with Gasteiger partial charge in [0.25, 0.3) is 0 Å². The average Bonchev–Trinajstić information content (AvgIpc) is 3.86. The molecular weight excluding hydrogens is 551 g/mol. The van der Waals surface area contributed by atoms with Crippen LogP contribution >= 0.6 is 11.8 Å². The minimum absolute atomic E-state index is 0.0114. The molecule has 7 rings (SSSR count). The number of nitrogens with zero attached hydrogens (tertiary/aromatic N) is 6. The maximum Gasteiger partial charge on any atom is 0.350 e. The lowest BCUT2D eigenvalue weighted by Crippen LogP contribution is -2.50. The lowest BCUT2D eigenvalue weighted by molar-refractivity contribution is -0.126. The first kappa shape index (κ1) is 27.6. The van der Waals surface area contributed by atoms with Gasteiger partial charge in [0.05, 0.1) is 11.6 Å². The van der Waals surface area contributed by atoms with Crippen molar-refractivity contribution in [2.75, 3.05) is 69.6 Å². The summed E-state index contributed by atoms with van der Waals surface area (Å²) in [6, 6.07) is 9.59. The molecule has 4 aliphatic rings. The highest BCUT2D eigenvalue weighted by atomic mass is 32.2. The Labute approximate surface area is 249 Å². The van der Waals surface area contributed by atoms with Gasteiger partial charge in [0.2, 0.25) is 5.91 Å². The third-order valence-electron chi connectivity index (χ3n) is 9.26. The summed E-state index contributed by atoms with van der Waals surface area (Å²) in [4.78, 5) is 41.0. The Hall–Kier alpha value is -3.21. The number of carbonyl (C=O) groups excluding carboxylic acids is 1. The fourth-order valence-electron chi connectivity index (χ4n) is 6.89. The van der Waals surface area contributed by atoms with Crippen LogP contribution in [0.15, 0.2) is 52.7 Å². The van der Waals surface area contributed by atoms with Crippen LogP contribution in [0.5, 0.6) is 0 Å². The van der Waals surface area contributed by atoms with Crippen LogP contribution in [0.4, 0.5) is 10.2 Å². The Bertz CT molecular complexity index is 1590. The number of aryl methyl sites for hydroxylation is 1. The molecule has 1 aliphatic carbocycles. The Morgan fingerprint density at radius 1 is 1.07 bits per heavy atom. The number of rotatable bonds is 6. The molecule has 2 aromatic carbocycles. The van der Waals surface area contributed by atoms with Crippen molar-refractivity contribution >= 4 is 34.4 Å². The van der Waals surface area contributed by atoms with Gasteiger partial charge < -0.3 is 9.80 Å². The summed E-state index contributed by atoms with van der Waals surface area (Å²) in [5, 5.41) is 0.965. The first-order valence-corrected chi connectivity index (χ1v) is 16.0. The molecule has 1 saturated carbocycles. The molecule has 0 spiro atoms. The number of anilines is 1. The number of piperazine rings is 2. The van der Waals surface area contributed by atoms with Crippen LogP contribution in [-0.2, 0) is 4.79 Å². The Morgan fingerprint density at radius 3 is 2.45 bits per heavy atom. The molecule has 3 aliphatic heterocycles. The van der Waals surface area contributed by atoms with Crippen molar-refractivity contribution in [3.8, 4) is 11.1 Å². The van der Waals surface area contributed by atoms with Crippen molar-refractivity contribution in [1.82, 2.24) is 24.3 Å². The van der Waals surface area contributed by atoms with Gasteiger partial charge in [0, 0.05) is 86.5 Å². The third-order valence-corrected chi connectivity index (χ3v) is 10.5. The molecule has 0 bridgehead atoms. The molecule has 3 fully saturated rings. The number of hydrogen-bond donors (Lipinski definition) is 0. The van der Waals surface area contributed by atoms with Crippen LogP contribution in [-0.4, -0.2) is 101 Å². The second kappa shape index (κ2) is 11.1. The van der Waals surface area contributed by atoms with E-state index in [0.29, 0.717) is 32.0 Å². The van der Waals surface area contributed by atoms with E-state index < -0.39 is 0 Å². The largest absolute Gasteiger partial charge is 0.352 e. The molecular formula is C32H37FN6O2S. The van der Waals surface area contributed by atoms with Gasteiger partial charge in [-0.2, -0.15) is 4.98 Å². The molecule has 42 heavy (non-hydrogen) atoms. The zero-order valence-corrected chi connectivity index (χ0v) is 24.9. The maximum absolute atomic E-state index is 14.0. The fourth-order valence-corrected chi connectivity index (χ4v) is 8.27. The molecule has 0 unspecified atom stereocenters. The lowest BCUT2D eigenvalue weighted by Gasteiger charge is -2.39. The number of hydrogen-bond acceptors (Lipinski definition) is 7. The molecule has 1 atom stereocenters. The van der Waals surface area contributed by atoms with Crippen LogP contribution in [0.25, 0.3) is 22.0 Å². The van der Waals surface area contributed by atoms with Gasteiger partial charge in [-0.3, -0.25) is 19.2 Å². The Morgan fingerprint density at radius 2 is 1.79 bits per heavy atom. The number of halogens is 1. The summed E-state index contributed by atoms with van der Waals surface area (Å²) in [7, 11) is 0. The van der Waals surface area contributed by atoms with Gasteiger partial charge >= 0.3 is 5.69 Å². The van der Waals surface area contributed by atoms with Gasteiger partial charge in [-0.25, -0.2) is 9.18 Å². The first-order valence-electron chi connectivity index (χ1n) is 15.0. The summed E-state index contributed by atoms with van der Waals surface area (Å²) in [5.41, 5.74) is 3.77. The number of thioether (sulfide) groups is 1. The second-order valence-electron chi connectivity index (χ2n) is 11.9. The molecule has 1 amide bonds. The van der Waals surface area contributed by atoms with Gasteiger partial charge in [-0.15, -0.1) is 11.8 Å². The van der Waals surface area contributed by atoms with E-state index in [2.05, 4.69) is 34.3 Å². The summed E-state index contributed by atoms with van der Waals surface area (Å²) >= 11 is 1.80. The zero-order valence-electron chi connectivity index (χ0n) is 24.1. The second-order valence-corrected chi connectivity index (χ2v) is 13.0. The highest BCUT2D eigenvalue weighted by molar-refractivity contribution is 7.99. The van der Waals surface area contributed by atoms with Crippen molar-refractivity contribution in [2.24, 2.45) is 0 Å². The number of carbonyl (C=O) groups is 1. The van der Waals surface area contributed by atoms with E-state index in [4.69, 9.17) is 4.98 Å². The zero-order chi connectivity index (χ0) is 29.0. The molecule has 220 valence electrons. The van der Waals surface area contributed by atoms with E-state index >= 15 is 0 Å². The van der Waals surface area contributed by atoms with Gasteiger partial charge in [0.15, 0.2) is 0 Å². The average molecular weight is 589 g/mol. The van der Waals surface area contributed by atoms with E-state index in [1.807, 2.05) is 16.7 Å². The molecule has 0 radical (unpaired) electrons. The fraction of sp³-hybridized carbons (Fsp3) is 0.469. The van der Waals surface area contributed by atoms with Crippen LogP contribution in [0.3, 0.4) is 0 Å². The minimum atomic E-state index is -0.266. The van der Waals surface area contributed by atoms with E-state index in [1.165, 1.54) is 31.1 Å². The van der Waals surface area contributed by atoms with E-state index in [-0.39, 0.29) is 23.5 Å². The van der Waals surface area contributed by atoms with Crippen LogP contribution < -0.4 is 10.6 Å². The lowest BCUT2D eigenvalue weighted by atomic mass is 9.97. The highest BCUT2D eigenvalue weighted by Crippen LogP contribution is 2.46. The van der Waals surface area contributed by atoms with Crippen LogP contribution in [0, 0.1) is 12.7 Å². The third kappa shape index (κ3) is 5.03. The number of amides is 1. The van der Waals surface area contributed by atoms with E-state index in [0.717, 1.165) is 77.0 Å². The summed E-state index contributed by atoms with van der Waals surface area (Å²) < 4.78 is 15.8. The smallest absolute Gasteiger partial charge is 0.350 e. The van der Waals surface area contributed by atoms with Crippen molar-refractivity contribution in [1.29, 1.82) is 0 Å². The van der Waals surface area contributed by atoms with Gasteiger partial charge in [-0.05, 0) is 55.2 Å². The normalized spacial score (nSPS) is 21.6. The summed E-state index contributed by atoms with van der Waals surface area (Å²) in [6.07, 6.45) is 4.01. The standard InChI is InChI=1S/C32H37FN6O2S/c1-3-27(40)37-14-16-38(17-15-37)31-26-18-21(2)28(22-4-6-23(33)7-5-22)30-29(26)39(32(41)34-31)25(20-42-30)19-35-10-12-36(13-11-35)24-8-9-24/h3-7,18,24-25H,1,8-17,19-20H2,2H3/t25-/m0/s1. The number of benzene rings is 2.